The normalized spacial score (nSPS) is 7.83. The molecule has 4 N–H and O–H groups in total. The van der Waals surface area contributed by atoms with Crippen molar-refractivity contribution in [3.8, 4) is 0 Å². The molecule has 0 spiro atoms. The van der Waals surface area contributed by atoms with Gasteiger partial charge in [-0.15, -0.1) is 11.5 Å². The molecule has 1 aromatic carbocycles. The van der Waals surface area contributed by atoms with E-state index >= 15 is 0 Å². The van der Waals surface area contributed by atoms with E-state index in [1.54, 1.807) is 7.11 Å². The molecular formula is C7H12BClO3. The van der Waals surface area contributed by atoms with Crippen LogP contribution in [0, 0.1) is 0 Å². The standard InChI is InChI=1S/C7H8BClO.2H2O/c1-10-8(9)7-5-3-2-4-6-7;;/h2-6H,1H3;2*1H2. The van der Waals surface area contributed by atoms with Crippen molar-refractivity contribution in [1.29, 1.82) is 0 Å². The van der Waals surface area contributed by atoms with Crippen molar-refractivity contribution in [1.82, 2.24) is 0 Å². The molecule has 0 amide bonds. The summed E-state index contributed by atoms with van der Waals surface area (Å²) in [4.78, 5) is 0. The molecule has 0 aliphatic heterocycles. The Hall–Kier alpha value is -0.545. The molecular weight excluding hydrogens is 178 g/mol. The number of benzene rings is 1. The molecule has 0 unspecified atom stereocenters. The molecule has 0 aliphatic rings. The largest absolute Gasteiger partial charge is 0.434 e. The second-order valence-electron chi connectivity index (χ2n) is 1.96. The van der Waals surface area contributed by atoms with Gasteiger partial charge in [-0.1, -0.05) is 30.3 Å². The first kappa shape index (κ1) is 14.0. The summed E-state index contributed by atoms with van der Waals surface area (Å²) in [5, 5.41) is 0. The topological polar surface area (TPSA) is 72.2 Å². The Morgan fingerprint density at radius 3 is 2.08 bits per heavy atom. The molecule has 1 rings (SSSR count). The predicted octanol–water partition coefficient (Wildman–Crippen LogP) is -0.382. The van der Waals surface area contributed by atoms with Crippen LogP contribution in [0.1, 0.15) is 0 Å². The van der Waals surface area contributed by atoms with E-state index in [1.807, 2.05) is 30.3 Å². The van der Waals surface area contributed by atoms with Gasteiger partial charge in [-0.25, -0.2) is 0 Å². The molecule has 0 fully saturated rings. The van der Waals surface area contributed by atoms with Crippen LogP contribution in [0.25, 0.3) is 0 Å². The third-order valence-corrected chi connectivity index (χ3v) is 1.70. The highest BCUT2D eigenvalue weighted by atomic mass is 35.5. The summed E-state index contributed by atoms with van der Waals surface area (Å²) in [6.45, 7) is 0. The molecule has 1 aromatic rings. The number of hydrogen-bond donors (Lipinski definition) is 0. The maximum atomic E-state index is 5.77. The lowest BCUT2D eigenvalue weighted by Gasteiger charge is -2.00. The molecule has 0 aliphatic carbocycles. The molecule has 0 radical (unpaired) electrons. The Bertz CT molecular complexity index is 195. The quantitative estimate of drug-likeness (QED) is 0.586. The van der Waals surface area contributed by atoms with Crippen LogP contribution < -0.4 is 5.46 Å². The van der Waals surface area contributed by atoms with Crippen LogP contribution in [0.15, 0.2) is 30.3 Å². The minimum Gasteiger partial charge on any atom is -0.421 e. The SMILES string of the molecule is COB(Cl)c1ccccc1.O.O. The Balaban J connectivity index is 0. The summed E-state index contributed by atoms with van der Waals surface area (Å²) < 4.78 is 4.90. The van der Waals surface area contributed by atoms with Gasteiger partial charge in [0.15, 0.2) is 0 Å². The van der Waals surface area contributed by atoms with Crippen molar-refractivity contribution in [3.05, 3.63) is 30.3 Å². The second-order valence-corrected chi connectivity index (χ2v) is 2.36. The lowest BCUT2D eigenvalue weighted by Crippen LogP contribution is -2.25. The molecule has 68 valence electrons. The fraction of sp³-hybridized carbons (Fsp3) is 0.143. The minimum absolute atomic E-state index is 0. The zero-order valence-electron chi connectivity index (χ0n) is 6.75. The molecule has 0 atom stereocenters. The maximum Gasteiger partial charge on any atom is 0.434 e. The lowest BCUT2D eigenvalue weighted by atomic mass is 9.87. The Labute approximate surface area is 76.9 Å². The zero-order valence-corrected chi connectivity index (χ0v) is 7.51. The Morgan fingerprint density at radius 1 is 1.17 bits per heavy atom. The first-order valence-electron chi connectivity index (χ1n) is 3.06. The summed E-state index contributed by atoms with van der Waals surface area (Å²) in [5.74, 6) is 0. The van der Waals surface area contributed by atoms with Gasteiger partial charge in [-0.3, -0.25) is 0 Å². The van der Waals surface area contributed by atoms with Crippen molar-refractivity contribution in [3.63, 3.8) is 0 Å². The fourth-order valence-electron chi connectivity index (χ4n) is 0.740. The van der Waals surface area contributed by atoms with Crippen LogP contribution in [-0.2, 0) is 4.65 Å². The van der Waals surface area contributed by atoms with E-state index in [2.05, 4.69) is 0 Å². The van der Waals surface area contributed by atoms with Crippen LogP contribution in [0.3, 0.4) is 0 Å². The highest BCUT2D eigenvalue weighted by molar-refractivity contribution is 7.10. The Morgan fingerprint density at radius 2 is 1.67 bits per heavy atom. The van der Waals surface area contributed by atoms with Crippen molar-refractivity contribution < 1.29 is 15.6 Å². The van der Waals surface area contributed by atoms with Crippen molar-refractivity contribution in [2.45, 2.75) is 0 Å². The van der Waals surface area contributed by atoms with Crippen LogP contribution in [0.2, 0.25) is 0 Å². The number of hydrogen-bond acceptors (Lipinski definition) is 1. The third-order valence-electron chi connectivity index (χ3n) is 1.27. The maximum absolute atomic E-state index is 5.77. The van der Waals surface area contributed by atoms with Gasteiger partial charge in [0.05, 0.1) is 0 Å². The van der Waals surface area contributed by atoms with E-state index in [1.165, 1.54) is 0 Å². The fourth-order valence-corrected chi connectivity index (χ4v) is 0.886. The van der Waals surface area contributed by atoms with Crippen LogP contribution in [0.5, 0.6) is 0 Å². The van der Waals surface area contributed by atoms with E-state index in [0.29, 0.717) is 0 Å². The van der Waals surface area contributed by atoms with Gasteiger partial charge in [0.1, 0.15) is 0 Å². The van der Waals surface area contributed by atoms with Gasteiger partial charge < -0.3 is 15.6 Å². The monoisotopic (exact) mass is 190 g/mol. The van der Waals surface area contributed by atoms with Gasteiger partial charge in [0, 0.05) is 7.11 Å². The molecule has 0 bridgehead atoms. The molecule has 0 heterocycles. The average Bonchev–Trinajstić information content (AvgIpc) is 2.05. The highest BCUT2D eigenvalue weighted by Crippen LogP contribution is 1.92. The molecule has 3 nitrogen and oxygen atoms in total. The lowest BCUT2D eigenvalue weighted by molar-refractivity contribution is 0.444. The average molecular weight is 190 g/mol. The van der Waals surface area contributed by atoms with Crippen molar-refractivity contribution in [2.75, 3.05) is 7.11 Å². The second kappa shape index (κ2) is 7.12. The first-order valence-corrected chi connectivity index (χ1v) is 3.50. The summed E-state index contributed by atoms with van der Waals surface area (Å²) in [5.41, 5.74) is 0.992. The van der Waals surface area contributed by atoms with Crippen molar-refractivity contribution >= 4 is 23.3 Å². The molecule has 0 saturated carbocycles. The number of halogens is 1. The van der Waals surface area contributed by atoms with Crippen LogP contribution in [-0.4, -0.2) is 24.4 Å². The van der Waals surface area contributed by atoms with E-state index < -0.39 is 0 Å². The molecule has 5 heteroatoms. The summed E-state index contributed by atoms with van der Waals surface area (Å²) in [7, 11) is 1.59. The third kappa shape index (κ3) is 3.73. The smallest absolute Gasteiger partial charge is 0.421 e. The molecule has 0 saturated heterocycles. The van der Waals surface area contributed by atoms with Gasteiger partial charge in [-0.05, 0) is 5.46 Å². The van der Waals surface area contributed by atoms with E-state index in [4.69, 9.17) is 16.1 Å². The van der Waals surface area contributed by atoms with Gasteiger partial charge in [-0.2, -0.15) is 0 Å². The van der Waals surface area contributed by atoms with Gasteiger partial charge >= 0.3 is 6.33 Å². The Kier molecular flexibility index (Phi) is 8.31. The molecule has 12 heavy (non-hydrogen) atoms. The number of rotatable bonds is 2. The predicted molar refractivity (Wildman–Crippen MR) is 51.9 cm³/mol. The van der Waals surface area contributed by atoms with E-state index in [9.17, 15) is 0 Å². The molecule has 0 aromatic heterocycles. The van der Waals surface area contributed by atoms with E-state index in [-0.39, 0.29) is 17.3 Å². The van der Waals surface area contributed by atoms with Gasteiger partial charge in [0.2, 0.25) is 0 Å². The van der Waals surface area contributed by atoms with E-state index in [0.717, 1.165) is 5.46 Å². The minimum atomic E-state index is -0.318. The van der Waals surface area contributed by atoms with Crippen molar-refractivity contribution in [2.24, 2.45) is 0 Å². The van der Waals surface area contributed by atoms with Crippen LogP contribution >= 0.6 is 11.5 Å². The van der Waals surface area contributed by atoms with Crippen LogP contribution in [0.4, 0.5) is 0 Å². The van der Waals surface area contributed by atoms with Gasteiger partial charge in [0.25, 0.3) is 0 Å². The first-order chi connectivity index (χ1) is 4.84. The summed E-state index contributed by atoms with van der Waals surface area (Å²) in [6.07, 6.45) is -0.318. The summed E-state index contributed by atoms with van der Waals surface area (Å²) in [6, 6.07) is 9.68. The highest BCUT2D eigenvalue weighted by Gasteiger charge is 2.11. The zero-order chi connectivity index (χ0) is 7.40. The summed E-state index contributed by atoms with van der Waals surface area (Å²) >= 11 is 5.77.